The molecule has 90 valence electrons. The summed E-state index contributed by atoms with van der Waals surface area (Å²) < 4.78 is 1.91. The van der Waals surface area contributed by atoms with E-state index in [2.05, 4.69) is 47.1 Å². The predicted molar refractivity (Wildman–Crippen MR) is 77.8 cm³/mol. The second kappa shape index (κ2) is 7.24. The van der Waals surface area contributed by atoms with Crippen LogP contribution in [0.25, 0.3) is 0 Å². The number of hydrogen-bond donors (Lipinski definition) is 2. The van der Waals surface area contributed by atoms with Crippen molar-refractivity contribution in [2.45, 2.75) is 0 Å². The Morgan fingerprint density at radius 3 is 1.94 bits per heavy atom. The van der Waals surface area contributed by atoms with E-state index in [-0.39, 0.29) is 0 Å². The molecule has 0 fully saturated rings. The van der Waals surface area contributed by atoms with Crippen LogP contribution in [0.1, 0.15) is 0 Å². The lowest BCUT2D eigenvalue weighted by molar-refractivity contribution is 1.29. The van der Waals surface area contributed by atoms with Crippen LogP contribution in [0.15, 0.2) is 45.9 Å². The lowest BCUT2D eigenvalue weighted by atomic mass is 10.4. The molecule has 3 N–H and O–H groups in total. The molecule has 0 unspecified atom stereocenters. The molecule has 2 aromatic rings. The molecule has 2 heterocycles. The molecule has 0 atom stereocenters. The number of anilines is 2. The standard InChI is InChI=1S/C6H7BrN2.C5H5BrN2/c1-8-6-2-5(7)3-9-4-6;6-4-1-5(7)3-8-2-4/h2-4,8H,1H3;1-3H,7H2. The van der Waals surface area contributed by atoms with Crippen molar-refractivity contribution in [3.8, 4) is 0 Å². The van der Waals surface area contributed by atoms with Crippen LogP contribution < -0.4 is 11.1 Å². The van der Waals surface area contributed by atoms with Crippen LogP contribution in [0.5, 0.6) is 0 Å². The summed E-state index contributed by atoms with van der Waals surface area (Å²) in [5.74, 6) is 0. The second-order valence-corrected chi connectivity index (χ2v) is 4.91. The number of pyridine rings is 2. The highest BCUT2D eigenvalue weighted by atomic mass is 79.9. The van der Waals surface area contributed by atoms with Crippen molar-refractivity contribution in [1.82, 2.24) is 9.97 Å². The third-order valence-corrected chi connectivity index (χ3v) is 2.59. The molecule has 0 aliphatic carbocycles. The largest absolute Gasteiger partial charge is 0.397 e. The number of hydrogen-bond acceptors (Lipinski definition) is 4. The van der Waals surface area contributed by atoms with Gasteiger partial charge in [-0.2, -0.15) is 0 Å². The maximum absolute atomic E-state index is 5.37. The Morgan fingerprint density at radius 2 is 1.59 bits per heavy atom. The smallest absolute Gasteiger partial charge is 0.0535 e. The molecule has 2 aromatic heterocycles. The summed E-state index contributed by atoms with van der Waals surface area (Å²) in [6.45, 7) is 0. The lowest BCUT2D eigenvalue weighted by Gasteiger charge is -1.96. The summed E-state index contributed by atoms with van der Waals surface area (Å²) in [4.78, 5) is 7.76. The average molecular weight is 360 g/mol. The summed E-state index contributed by atoms with van der Waals surface area (Å²) in [7, 11) is 1.86. The van der Waals surface area contributed by atoms with Crippen molar-refractivity contribution in [3.63, 3.8) is 0 Å². The zero-order valence-electron chi connectivity index (χ0n) is 9.19. The fraction of sp³-hybridized carbons (Fsp3) is 0.0909. The van der Waals surface area contributed by atoms with E-state index >= 15 is 0 Å². The highest BCUT2D eigenvalue weighted by molar-refractivity contribution is 9.10. The average Bonchev–Trinajstić information content (AvgIpc) is 2.29. The zero-order chi connectivity index (χ0) is 12.7. The van der Waals surface area contributed by atoms with E-state index in [0.29, 0.717) is 5.69 Å². The maximum Gasteiger partial charge on any atom is 0.0535 e. The molecule has 0 saturated heterocycles. The van der Waals surface area contributed by atoms with Crippen molar-refractivity contribution in [2.24, 2.45) is 0 Å². The Morgan fingerprint density at radius 1 is 1.00 bits per heavy atom. The minimum absolute atomic E-state index is 0.680. The van der Waals surface area contributed by atoms with E-state index in [1.807, 2.05) is 13.1 Å². The van der Waals surface area contributed by atoms with Gasteiger partial charge in [0, 0.05) is 34.6 Å². The normalized spacial score (nSPS) is 9.12. The molecule has 0 spiro atoms. The van der Waals surface area contributed by atoms with E-state index in [0.717, 1.165) is 14.6 Å². The summed E-state index contributed by atoms with van der Waals surface area (Å²) >= 11 is 6.52. The van der Waals surface area contributed by atoms with Gasteiger partial charge in [0.1, 0.15) is 0 Å². The summed E-state index contributed by atoms with van der Waals surface area (Å²) in [5, 5.41) is 2.98. The molecule has 6 heteroatoms. The van der Waals surface area contributed by atoms with Crippen LogP contribution in [0, 0.1) is 0 Å². The Balaban J connectivity index is 0.000000171. The van der Waals surface area contributed by atoms with Crippen LogP contribution >= 0.6 is 31.9 Å². The number of nitrogens with two attached hydrogens (primary N) is 1. The molecule has 17 heavy (non-hydrogen) atoms. The van der Waals surface area contributed by atoms with Crippen molar-refractivity contribution in [2.75, 3.05) is 18.1 Å². The zero-order valence-corrected chi connectivity index (χ0v) is 12.4. The first-order valence-electron chi connectivity index (χ1n) is 4.76. The first kappa shape index (κ1) is 13.9. The fourth-order valence-electron chi connectivity index (χ4n) is 0.977. The fourth-order valence-corrected chi connectivity index (χ4v) is 1.72. The number of halogens is 2. The first-order valence-corrected chi connectivity index (χ1v) is 6.34. The van der Waals surface area contributed by atoms with Crippen LogP contribution in [-0.4, -0.2) is 17.0 Å². The molecule has 4 nitrogen and oxygen atoms in total. The van der Waals surface area contributed by atoms with Crippen LogP contribution in [-0.2, 0) is 0 Å². The quantitative estimate of drug-likeness (QED) is 0.819. The number of nitrogens with zero attached hydrogens (tertiary/aromatic N) is 2. The van der Waals surface area contributed by atoms with Gasteiger partial charge in [-0.05, 0) is 44.0 Å². The number of nitrogen functional groups attached to an aromatic ring is 1. The third-order valence-electron chi connectivity index (χ3n) is 1.72. The molecule has 2 rings (SSSR count). The molecule has 0 amide bonds. The number of nitrogens with one attached hydrogen (secondary N) is 1. The highest BCUT2D eigenvalue weighted by Gasteiger charge is 1.87. The Bertz CT molecular complexity index is 459. The van der Waals surface area contributed by atoms with E-state index in [4.69, 9.17) is 5.73 Å². The Labute approximate surface area is 117 Å². The second-order valence-electron chi connectivity index (χ2n) is 3.08. The van der Waals surface area contributed by atoms with Gasteiger partial charge >= 0.3 is 0 Å². The van der Waals surface area contributed by atoms with Crippen molar-refractivity contribution < 1.29 is 0 Å². The van der Waals surface area contributed by atoms with Gasteiger partial charge in [-0.3, -0.25) is 9.97 Å². The van der Waals surface area contributed by atoms with E-state index in [1.54, 1.807) is 30.9 Å². The molecule has 0 bridgehead atoms. The monoisotopic (exact) mass is 358 g/mol. The van der Waals surface area contributed by atoms with Crippen LogP contribution in [0.4, 0.5) is 11.4 Å². The topological polar surface area (TPSA) is 63.8 Å². The van der Waals surface area contributed by atoms with Crippen LogP contribution in [0.2, 0.25) is 0 Å². The van der Waals surface area contributed by atoms with Gasteiger partial charge in [-0.25, -0.2) is 0 Å². The van der Waals surface area contributed by atoms with Gasteiger partial charge in [0.15, 0.2) is 0 Å². The van der Waals surface area contributed by atoms with E-state index < -0.39 is 0 Å². The maximum atomic E-state index is 5.37. The van der Waals surface area contributed by atoms with E-state index in [1.165, 1.54) is 0 Å². The molecular formula is C11H12Br2N4. The minimum atomic E-state index is 0.680. The molecular weight excluding hydrogens is 348 g/mol. The summed E-state index contributed by atoms with van der Waals surface area (Å²) in [6.07, 6.45) is 6.81. The summed E-state index contributed by atoms with van der Waals surface area (Å²) in [6, 6.07) is 3.76. The molecule has 0 aromatic carbocycles. The van der Waals surface area contributed by atoms with Gasteiger partial charge < -0.3 is 11.1 Å². The van der Waals surface area contributed by atoms with Gasteiger partial charge in [-0.15, -0.1) is 0 Å². The highest BCUT2D eigenvalue weighted by Crippen LogP contribution is 2.12. The Kier molecular flexibility index (Phi) is 5.93. The van der Waals surface area contributed by atoms with Gasteiger partial charge in [0.05, 0.1) is 17.6 Å². The van der Waals surface area contributed by atoms with E-state index in [9.17, 15) is 0 Å². The first-order chi connectivity index (χ1) is 8.11. The van der Waals surface area contributed by atoms with Crippen molar-refractivity contribution in [3.05, 3.63) is 45.9 Å². The molecule has 0 radical (unpaired) electrons. The van der Waals surface area contributed by atoms with Crippen molar-refractivity contribution in [1.29, 1.82) is 0 Å². The SMILES string of the molecule is CNc1cncc(Br)c1.Nc1cncc(Br)c1. The molecule has 0 saturated carbocycles. The molecule has 0 aliphatic rings. The van der Waals surface area contributed by atoms with Gasteiger partial charge in [0.2, 0.25) is 0 Å². The summed E-state index contributed by atoms with van der Waals surface area (Å²) in [5.41, 5.74) is 7.06. The van der Waals surface area contributed by atoms with Gasteiger partial charge in [-0.1, -0.05) is 0 Å². The lowest BCUT2D eigenvalue weighted by Crippen LogP contribution is -1.87. The number of aromatic nitrogens is 2. The number of rotatable bonds is 1. The Hall–Kier alpha value is -1.14. The van der Waals surface area contributed by atoms with Crippen molar-refractivity contribution >= 4 is 43.2 Å². The van der Waals surface area contributed by atoms with Gasteiger partial charge in [0.25, 0.3) is 0 Å². The third kappa shape index (κ3) is 5.65. The van der Waals surface area contributed by atoms with Crippen LogP contribution in [0.3, 0.4) is 0 Å². The minimum Gasteiger partial charge on any atom is -0.397 e. The predicted octanol–water partition coefficient (Wildman–Crippen LogP) is 3.31. The molecule has 0 aliphatic heterocycles.